The zero-order valence-electron chi connectivity index (χ0n) is 9.28. The van der Waals surface area contributed by atoms with Crippen LogP contribution in [-0.4, -0.2) is 4.89 Å². The summed E-state index contributed by atoms with van der Waals surface area (Å²) in [5.41, 5.74) is 2.60. The molecule has 2 aromatic carbocycles. The van der Waals surface area contributed by atoms with Gasteiger partial charge in [0.25, 0.3) is 0 Å². The first kappa shape index (κ1) is 10.8. The average molecular weight is 244 g/mol. The summed E-state index contributed by atoms with van der Waals surface area (Å²) in [7, 11) is -3.16. The maximum Gasteiger partial charge on any atom is 0.216 e. The van der Waals surface area contributed by atoms with Crippen LogP contribution in [0, 0.1) is 0 Å². The molecule has 2 aromatic rings. The zero-order valence-corrected chi connectivity index (χ0v) is 10.2. The third-order valence-corrected chi connectivity index (χ3v) is 5.44. The Bertz CT molecular complexity index is 592. The van der Waals surface area contributed by atoms with Gasteiger partial charge in [-0.25, -0.2) is 0 Å². The van der Waals surface area contributed by atoms with Gasteiger partial charge in [-0.05, 0) is 16.7 Å². The predicted octanol–water partition coefficient (Wildman–Crippen LogP) is 3.56. The number of hydrogen-bond acceptors (Lipinski definition) is 1. The largest absolute Gasteiger partial charge is 0.343 e. The van der Waals surface area contributed by atoms with E-state index in [1.165, 1.54) is 0 Å². The highest BCUT2D eigenvalue weighted by atomic mass is 31.2. The Hall–Kier alpha value is -1.37. The third kappa shape index (κ3) is 1.74. The minimum Gasteiger partial charge on any atom is -0.343 e. The molecule has 0 saturated heterocycles. The van der Waals surface area contributed by atoms with E-state index in [1.54, 1.807) is 0 Å². The predicted molar refractivity (Wildman–Crippen MR) is 68.3 cm³/mol. The van der Waals surface area contributed by atoms with Crippen molar-refractivity contribution in [1.29, 1.82) is 0 Å². The van der Waals surface area contributed by atoms with E-state index in [4.69, 9.17) is 0 Å². The van der Waals surface area contributed by atoms with Crippen molar-refractivity contribution in [3.63, 3.8) is 0 Å². The molecule has 0 spiro atoms. The monoisotopic (exact) mass is 244 g/mol. The van der Waals surface area contributed by atoms with Gasteiger partial charge in [-0.2, -0.15) is 0 Å². The molecule has 86 valence electrons. The molecule has 2 unspecified atom stereocenters. The summed E-state index contributed by atoms with van der Waals surface area (Å²) in [4.78, 5) is 10.2. The van der Waals surface area contributed by atoms with Crippen molar-refractivity contribution in [3.05, 3.63) is 71.3 Å². The lowest BCUT2D eigenvalue weighted by molar-refractivity contribution is 0.474. The lowest BCUT2D eigenvalue weighted by Gasteiger charge is -2.16. The standard InChI is InChI=1S/C14H13O2P/c15-17(16)10-12-8-4-5-9-13(12)14(17)11-6-2-1-3-7-11/h1-9,14H,10H2,(H,15,16). The molecule has 1 heterocycles. The normalized spacial score (nSPS) is 26.8. The van der Waals surface area contributed by atoms with Crippen LogP contribution < -0.4 is 0 Å². The fourth-order valence-corrected chi connectivity index (χ4v) is 4.83. The highest BCUT2D eigenvalue weighted by molar-refractivity contribution is 7.58. The van der Waals surface area contributed by atoms with Crippen LogP contribution in [0.5, 0.6) is 0 Å². The highest BCUT2D eigenvalue weighted by Crippen LogP contribution is 2.66. The van der Waals surface area contributed by atoms with Crippen LogP contribution in [0.3, 0.4) is 0 Å². The molecule has 0 aliphatic carbocycles. The summed E-state index contributed by atoms with van der Waals surface area (Å²) in [5, 5.41) is 0. The van der Waals surface area contributed by atoms with Crippen molar-refractivity contribution in [3.8, 4) is 0 Å². The minimum absolute atomic E-state index is 0.294. The smallest absolute Gasteiger partial charge is 0.216 e. The summed E-state index contributed by atoms with van der Waals surface area (Å²) in [5.74, 6) is 0. The first-order chi connectivity index (χ1) is 8.18. The van der Waals surface area contributed by atoms with Gasteiger partial charge in [-0.3, -0.25) is 4.57 Å². The maximum atomic E-state index is 12.4. The SMILES string of the molecule is O=P1(O)Cc2ccccc2C1c1ccccc1. The van der Waals surface area contributed by atoms with Crippen molar-refractivity contribution in [2.75, 3.05) is 0 Å². The molecule has 1 aliphatic heterocycles. The van der Waals surface area contributed by atoms with Crippen molar-refractivity contribution in [2.45, 2.75) is 11.8 Å². The topological polar surface area (TPSA) is 37.3 Å². The van der Waals surface area contributed by atoms with E-state index >= 15 is 0 Å². The second-order valence-corrected chi connectivity index (χ2v) is 6.77. The molecule has 0 aromatic heterocycles. The van der Waals surface area contributed by atoms with E-state index in [-0.39, 0.29) is 5.66 Å². The Morgan fingerprint density at radius 2 is 1.65 bits per heavy atom. The molecular formula is C14H13O2P. The summed E-state index contributed by atoms with van der Waals surface area (Å²) in [6, 6.07) is 17.4. The quantitative estimate of drug-likeness (QED) is 0.779. The zero-order chi connectivity index (χ0) is 11.9. The average Bonchev–Trinajstić information content (AvgIpc) is 2.60. The molecule has 0 fully saturated rings. The molecule has 2 nitrogen and oxygen atoms in total. The summed E-state index contributed by atoms with van der Waals surface area (Å²) in [6.07, 6.45) is 0.294. The van der Waals surface area contributed by atoms with Crippen LogP contribution in [0.25, 0.3) is 0 Å². The van der Waals surface area contributed by atoms with E-state index in [2.05, 4.69) is 0 Å². The summed E-state index contributed by atoms with van der Waals surface area (Å²) in [6.45, 7) is 0. The molecular weight excluding hydrogens is 231 g/mol. The van der Waals surface area contributed by atoms with Gasteiger partial charge in [0.05, 0.1) is 11.8 Å². The van der Waals surface area contributed by atoms with Gasteiger partial charge in [-0.1, -0.05) is 54.6 Å². The first-order valence-corrected chi connectivity index (χ1v) is 7.54. The summed E-state index contributed by atoms with van der Waals surface area (Å²) >= 11 is 0. The number of fused-ring (bicyclic) bond motifs is 1. The third-order valence-electron chi connectivity index (χ3n) is 3.27. The van der Waals surface area contributed by atoms with E-state index < -0.39 is 7.37 Å². The fourth-order valence-electron chi connectivity index (χ4n) is 2.55. The number of benzene rings is 2. The minimum atomic E-state index is -3.16. The van der Waals surface area contributed by atoms with E-state index in [1.807, 2.05) is 54.6 Å². The van der Waals surface area contributed by atoms with Crippen LogP contribution in [0.2, 0.25) is 0 Å². The van der Waals surface area contributed by atoms with Crippen molar-refractivity contribution >= 4 is 7.37 Å². The second kappa shape index (κ2) is 3.83. The van der Waals surface area contributed by atoms with Gasteiger partial charge in [-0.15, -0.1) is 0 Å². The van der Waals surface area contributed by atoms with Crippen molar-refractivity contribution < 1.29 is 9.46 Å². The van der Waals surface area contributed by atoms with Gasteiger partial charge < -0.3 is 4.89 Å². The Labute approximate surface area is 100 Å². The fraction of sp³-hybridized carbons (Fsp3) is 0.143. The van der Waals surface area contributed by atoms with Crippen LogP contribution in [-0.2, 0) is 10.7 Å². The molecule has 0 bridgehead atoms. The first-order valence-electron chi connectivity index (χ1n) is 5.63. The lowest BCUT2D eigenvalue weighted by Crippen LogP contribution is -1.96. The molecule has 1 N–H and O–H groups in total. The number of rotatable bonds is 1. The molecule has 0 saturated carbocycles. The molecule has 3 rings (SSSR count). The Morgan fingerprint density at radius 1 is 1.00 bits per heavy atom. The van der Waals surface area contributed by atoms with Crippen molar-refractivity contribution in [2.24, 2.45) is 0 Å². The van der Waals surface area contributed by atoms with Gasteiger partial charge in [0.1, 0.15) is 0 Å². The molecule has 0 radical (unpaired) electrons. The lowest BCUT2D eigenvalue weighted by atomic mass is 10.0. The Morgan fingerprint density at radius 3 is 2.41 bits per heavy atom. The van der Waals surface area contributed by atoms with Gasteiger partial charge in [0.2, 0.25) is 7.37 Å². The summed E-state index contributed by atoms with van der Waals surface area (Å²) < 4.78 is 12.4. The van der Waals surface area contributed by atoms with E-state index in [9.17, 15) is 9.46 Å². The van der Waals surface area contributed by atoms with Crippen LogP contribution in [0.4, 0.5) is 0 Å². The maximum absolute atomic E-state index is 12.4. The van der Waals surface area contributed by atoms with E-state index in [0.717, 1.165) is 16.7 Å². The van der Waals surface area contributed by atoms with Gasteiger partial charge >= 0.3 is 0 Å². The van der Waals surface area contributed by atoms with Gasteiger partial charge in [0, 0.05) is 0 Å². The second-order valence-electron chi connectivity index (χ2n) is 4.43. The Balaban J connectivity index is 2.18. The van der Waals surface area contributed by atoms with Crippen LogP contribution in [0.1, 0.15) is 22.3 Å². The molecule has 3 heteroatoms. The molecule has 1 aliphatic rings. The highest BCUT2D eigenvalue weighted by Gasteiger charge is 2.41. The molecule has 2 atom stereocenters. The van der Waals surface area contributed by atoms with Crippen LogP contribution >= 0.6 is 7.37 Å². The molecule has 0 amide bonds. The Kier molecular flexibility index (Phi) is 2.43. The number of hydrogen-bond donors (Lipinski definition) is 1. The van der Waals surface area contributed by atoms with Crippen LogP contribution in [0.15, 0.2) is 54.6 Å². The van der Waals surface area contributed by atoms with Crippen molar-refractivity contribution in [1.82, 2.24) is 0 Å². The van der Waals surface area contributed by atoms with E-state index in [0.29, 0.717) is 6.16 Å². The molecule has 17 heavy (non-hydrogen) atoms. The van der Waals surface area contributed by atoms with Gasteiger partial charge in [0.15, 0.2) is 0 Å².